The number of hydrogen-bond acceptors (Lipinski definition) is 3. The number of benzene rings is 1. The summed E-state index contributed by atoms with van der Waals surface area (Å²) in [5.41, 5.74) is 1.09. The zero-order valence-electron chi connectivity index (χ0n) is 11.1. The molecule has 4 nitrogen and oxygen atoms in total. The first-order valence-electron chi connectivity index (χ1n) is 6.22. The maximum atomic E-state index is 10.8. The molecule has 0 fully saturated rings. The minimum Gasteiger partial charge on any atom is -0.494 e. The summed E-state index contributed by atoms with van der Waals surface area (Å²) in [6.07, 6.45) is 0. The Balaban J connectivity index is 2.52. The van der Waals surface area contributed by atoms with Gasteiger partial charge in [0.05, 0.1) is 12.5 Å². The molecule has 0 radical (unpaired) electrons. The van der Waals surface area contributed by atoms with Gasteiger partial charge in [-0.3, -0.25) is 4.79 Å². The molecular weight excluding hydrogens is 230 g/mol. The highest BCUT2D eigenvalue weighted by molar-refractivity contribution is 5.70. The average molecular weight is 251 g/mol. The molecule has 0 saturated heterocycles. The second-order valence-electron chi connectivity index (χ2n) is 4.38. The van der Waals surface area contributed by atoms with E-state index in [-0.39, 0.29) is 6.04 Å². The second-order valence-corrected chi connectivity index (χ2v) is 4.38. The molecule has 1 rings (SSSR count). The van der Waals surface area contributed by atoms with Crippen LogP contribution in [0.5, 0.6) is 5.75 Å². The normalized spacial score (nSPS) is 13.9. The molecule has 18 heavy (non-hydrogen) atoms. The first-order chi connectivity index (χ1) is 8.54. The van der Waals surface area contributed by atoms with Crippen LogP contribution in [0, 0.1) is 5.92 Å². The van der Waals surface area contributed by atoms with Crippen molar-refractivity contribution in [2.45, 2.75) is 33.4 Å². The van der Waals surface area contributed by atoms with Crippen molar-refractivity contribution in [2.75, 3.05) is 6.61 Å². The lowest BCUT2D eigenvalue weighted by Crippen LogP contribution is -2.35. The maximum Gasteiger partial charge on any atom is 0.307 e. The number of rotatable bonds is 7. The van der Waals surface area contributed by atoms with Crippen LogP contribution in [0.2, 0.25) is 0 Å². The maximum absolute atomic E-state index is 10.8. The smallest absolute Gasteiger partial charge is 0.307 e. The first kappa shape index (κ1) is 14.5. The predicted octanol–water partition coefficient (Wildman–Crippen LogP) is 2.28. The Morgan fingerprint density at radius 1 is 1.44 bits per heavy atom. The topological polar surface area (TPSA) is 58.6 Å². The van der Waals surface area contributed by atoms with Gasteiger partial charge in [0.2, 0.25) is 0 Å². The van der Waals surface area contributed by atoms with Crippen molar-refractivity contribution < 1.29 is 14.6 Å². The van der Waals surface area contributed by atoms with E-state index in [0.717, 1.165) is 11.3 Å². The summed E-state index contributed by atoms with van der Waals surface area (Å²) in [4.78, 5) is 10.8. The lowest BCUT2D eigenvalue weighted by atomic mass is 10.0. The summed E-state index contributed by atoms with van der Waals surface area (Å²) in [6.45, 7) is 6.81. The lowest BCUT2D eigenvalue weighted by Gasteiger charge is -2.18. The number of hydrogen-bond donors (Lipinski definition) is 2. The van der Waals surface area contributed by atoms with Gasteiger partial charge in [0.1, 0.15) is 5.75 Å². The van der Waals surface area contributed by atoms with E-state index in [4.69, 9.17) is 9.84 Å². The summed E-state index contributed by atoms with van der Waals surface area (Å²) in [7, 11) is 0. The summed E-state index contributed by atoms with van der Waals surface area (Å²) >= 11 is 0. The van der Waals surface area contributed by atoms with Crippen LogP contribution >= 0.6 is 0 Å². The van der Waals surface area contributed by atoms with Gasteiger partial charge in [-0.25, -0.2) is 0 Å². The van der Waals surface area contributed by atoms with Gasteiger partial charge in [-0.05, 0) is 31.5 Å². The summed E-state index contributed by atoms with van der Waals surface area (Å²) in [5, 5.41) is 12.1. The van der Waals surface area contributed by atoms with Crippen molar-refractivity contribution in [3.8, 4) is 5.75 Å². The number of carboxylic acid groups (broad SMARTS) is 1. The third-order valence-electron chi connectivity index (χ3n) is 2.98. The number of ether oxygens (including phenoxy) is 1. The quantitative estimate of drug-likeness (QED) is 0.780. The Kier molecular flexibility index (Phi) is 5.65. The molecule has 4 heteroatoms. The molecule has 0 heterocycles. The number of carbonyl (C=O) groups is 1. The van der Waals surface area contributed by atoms with E-state index in [0.29, 0.717) is 13.2 Å². The molecule has 0 bridgehead atoms. The zero-order chi connectivity index (χ0) is 13.5. The minimum absolute atomic E-state index is 0.0711. The SMILES string of the molecule is CCOc1cccc(CNC(C)C(C)C(=O)O)c1. The third-order valence-corrected chi connectivity index (χ3v) is 2.98. The van der Waals surface area contributed by atoms with Crippen molar-refractivity contribution in [3.05, 3.63) is 29.8 Å². The molecule has 0 saturated carbocycles. The van der Waals surface area contributed by atoms with Gasteiger partial charge in [0.15, 0.2) is 0 Å². The van der Waals surface area contributed by atoms with E-state index in [9.17, 15) is 4.79 Å². The Bertz CT molecular complexity index is 392. The Labute approximate surface area is 108 Å². The lowest BCUT2D eigenvalue weighted by molar-refractivity contribution is -0.141. The fraction of sp³-hybridized carbons (Fsp3) is 0.500. The fourth-order valence-corrected chi connectivity index (χ4v) is 1.58. The van der Waals surface area contributed by atoms with Crippen molar-refractivity contribution in [2.24, 2.45) is 5.92 Å². The fourth-order valence-electron chi connectivity index (χ4n) is 1.58. The van der Waals surface area contributed by atoms with Gasteiger partial charge < -0.3 is 15.2 Å². The number of aliphatic carboxylic acids is 1. The van der Waals surface area contributed by atoms with Crippen LogP contribution in [-0.4, -0.2) is 23.7 Å². The van der Waals surface area contributed by atoms with E-state index >= 15 is 0 Å². The van der Waals surface area contributed by atoms with Crippen LogP contribution < -0.4 is 10.1 Å². The van der Waals surface area contributed by atoms with Crippen molar-refractivity contribution in [1.82, 2.24) is 5.32 Å². The summed E-state index contributed by atoms with van der Waals surface area (Å²) < 4.78 is 5.42. The Morgan fingerprint density at radius 3 is 2.78 bits per heavy atom. The van der Waals surface area contributed by atoms with Crippen molar-refractivity contribution in [1.29, 1.82) is 0 Å². The average Bonchev–Trinajstić information content (AvgIpc) is 2.36. The molecular formula is C14H21NO3. The second kappa shape index (κ2) is 7.01. The number of nitrogens with one attached hydrogen (secondary N) is 1. The molecule has 2 atom stereocenters. The molecule has 1 aromatic rings. The van der Waals surface area contributed by atoms with Crippen LogP contribution in [0.15, 0.2) is 24.3 Å². The summed E-state index contributed by atoms with van der Waals surface area (Å²) in [6, 6.07) is 7.74. The Hall–Kier alpha value is -1.55. The van der Waals surface area contributed by atoms with Crippen LogP contribution in [0.1, 0.15) is 26.3 Å². The highest BCUT2D eigenvalue weighted by Gasteiger charge is 2.18. The van der Waals surface area contributed by atoms with Crippen LogP contribution in [0.4, 0.5) is 0 Å². The molecule has 100 valence electrons. The van der Waals surface area contributed by atoms with Gasteiger partial charge in [0, 0.05) is 12.6 Å². The largest absolute Gasteiger partial charge is 0.494 e. The van der Waals surface area contributed by atoms with Crippen molar-refractivity contribution >= 4 is 5.97 Å². The van der Waals surface area contributed by atoms with Gasteiger partial charge in [0.25, 0.3) is 0 Å². The van der Waals surface area contributed by atoms with Crippen molar-refractivity contribution in [3.63, 3.8) is 0 Å². The van der Waals surface area contributed by atoms with E-state index in [1.54, 1.807) is 6.92 Å². The monoisotopic (exact) mass is 251 g/mol. The van der Waals surface area contributed by atoms with Crippen LogP contribution in [0.25, 0.3) is 0 Å². The number of carboxylic acids is 1. The molecule has 0 aliphatic carbocycles. The standard InChI is InChI=1S/C14H21NO3/c1-4-18-13-7-5-6-12(8-13)9-15-11(3)10(2)14(16)17/h5-8,10-11,15H,4,9H2,1-3H3,(H,16,17). The molecule has 0 amide bonds. The molecule has 0 aliphatic rings. The Morgan fingerprint density at radius 2 is 2.17 bits per heavy atom. The van der Waals surface area contributed by atoms with E-state index in [1.165, 1.54) is 0 Å². The molecule has 0 spiro atoms. The van der Waals surface area contributed by atoms with E-state index < -0.39 is 11.9 Å². The van der Waals surface area contributed by atoms with Crippen LogP contribution in [-0.2, 0) is 11.3 Å². The van der Waals surface area contributed by atoms with E-state index in [1.807, 2.05) is 38.1 Å². The highest BCUT2D eigenvalue weighted by Crippen LogP contribution is 2.13. The molecule has 2 unspecified atom stereocenters. The molecule has 1 aromatic carbocycles. The molecule has 0 aromatic heterocycles. The predicted molar refractivity (Wildman–Crippen MR) is 70.7 cm³/mol. The highest BCUT2D eigenvalue weighted by atomic mass is 16.5. The summed E-state index contributed by atoms with van der Waals surface area (Å²) in [5.74, 6) is -0.339. The van der Waals surface area contributed by atoms with Gasteiger partial charge in [-0.2, -0.15) is 0 Å². The van der Waals surface area contributed by atoms with Crippen LogP contribution in [0.3, 0.4) is 0 Å². The molecule has 0 aliphatic heterocycles. The van der Waals surface area contributed by atoms with Gasteiger partial charge in [-0.15, -0.1) is 0 Å². The van der Waals surface area contributed by atoms with Gasteiger partial charge >= 0.3 is 5.97 Å². The minimum atomic E-state index is -0.780. The van der Waals surface area contributed by atoms with Gasteiger partial charge in [-0.1, -0.05) is 19.1 Å². The zero-order valence-corrected chi connectivity index (χ0v) is 11.1. The third kappa shape index (κ3) is 4.37. The molecule has 2 N–H and O–H groups in total. The first-order valence-corrected chi connectivity index (χ1v) is 6.22. The van der Waals surface area contributed by atoms with E-state index in [2.05, 4.69) is 5.32 Å².